The minimum absolute atomic E-state index is 0.535. The Morgan fingerprint density at radius 2 is 1.71 bits per heavy atom. The number of halogens is 3. The van der Waals surface area contributed by atoms with E-state index in [1.807, 2.05) is 0 Å². The van der Waals surface area contributed by atoms with Crippen LogP contribution in [0.4, 0.5) is 13.2 Å². The van der Waals surface area contributed by atoms with Crippen LogP contribution in [-0.4, -0.2) is 36.4 Å². The number of rotatable bonds is 4. The first-order valence-corrected chi connectivity index (χ1v) is 7.76. The number of aromatic carboxylic acids is 1. The molecule has 0 aliphatic rings. The summed E-state index contributed by atoms with van der Waals surface area (Å²) in [6.45, 7) is 4.79. The van der Waals surface area contributed by atoms with Crippen LogP contribution in [-0.2, 0) is 10.1 Å². The van der Waals surface area contributed by atoms with E-state index in [0.717, 1.165) is 12.1 Å². The third kappa shape index (κ3) is 4.60. The molecule has 0 spiro atoms. The van der Waals surface area contributed by atoms with Gasteiger partial charge in [0.05, 0.1) is 5.56 Å². The van der Waals surface area contributed by atoms with Crippen molar-refractivity contribution in [2.75, 3.05) is 0 Å². The molecule has 11 heteroatoms. The Morgan fingerprint density at radius 1 is 1.17 bits per heavy atom. The Balaban J connectivity index is 3.43. The van der Waals surface area contributed by atoms with Crippen LogP contribution < -0.4 is 9.50 Å². The molecule has 1 rings (SSSR count). The fourth-order valence-corrected chi connectivity index (χ4v) is 2.05. The van der Waals surface area contributed by atoms with Gasteiger partial charge in [-0.15, -0.1) is 0 Å². The lowest BCUT2D eigenvalue weighted by Gasteiger charge is -2.21. The number of amides is 1. The average Bonchev–Trinajstić information content (AvgIpc) is 2.34. The van der Waals surface area contributed by atoms with Crippen molar-refractivity contribution >= 4 is 22.0 Å². The fourth-order valence-electron chi connectivity index (χ4n) is 1.58. The third-order valence-corrected chi connectivity index (χ3v) is 3.42. The lowest BCUT2D eigenvalue weighted by Crippen LogP contribution is -2.41. The topological polar surface area (TPSA) is 110 Å². The summed E-state index contributed by atoms with van der Waals surface area (Å²) in [5, 5.41) is 11.6. The highest BCUT2D eigenvalue weighted by atomic mass is 32.2. The second-order valence-corrected chi connectivity index (χ2v) is 7.21. The van der Waals surface area contributed by atoms with Gasteiger partial charge in [-0.25, -0.2) is 4.79 Å². The van der Waals surface area contributed by atoms with E-state index in [0.29, 0.717) is 6.07 Å². The Labute approximate surface area is 135 Å². The minimum atomic E-state index is -6.08. The summed E-state index contributed by atoms with van der Waals surface area (Å²) in [5.41, 5.74) is -8.03. The summed E-state index contributed by atoms with van der Waals surface area (Å²) in [6.07, 6.45) is 0. The van der Waals surface area contributed by atoms with Crippen molar-refractivity contribution in [3.63, 3.8) is 0 Å². The number of nitrogens with one attached hydrogen (secondary N) is 1. The molecular weight excluding hydrogens is 355 g/mol. The zero-order chi connectivity index (χ0) is 18.9. The first-order valence-electron chi connectivity index (χ1n) is 6.35. The quantitative estimate of drug-likeness (QED) is 0.622. The number of carboxylic acids is 1. The Hall–Kier alpha value is -2.30. The van der Waals surface area contributed by atoms with Crippen molar-refractivity contribution < 1.29 is 40.5 Å². The standard InChI is InChI=1S/C13H14F3NO6S/c1-12(2,3)17-10(18)7-5-4-6-8(9(7)11(19)20)23-24(21,22)13(14,15)16/h4-6H,1-3H3,(H,17,18)(H,19,20). The molecule has 0 fully saturated rings. The summed E-state index contributed by atoms with van der Waals surface area (Å²) in [7, 11) is -6.08. The van der Waals surface area contributed by atoms with E-state index in [4.69, 9.17) is 5.11 Å². The number of carbonyl (C=O) groups excluding carboxylic acids is 1. The molecule has 7 nitrogen and oxygen atoms in total. The monoisotopic (exact) mass is 369 g/mol. The first-order chi connectivity index (χ1) is 10.7. The Morgan fingerprint density at radius 3 is 2.12 bits per heavy atom. The van der Waals surface area contributed by atoms with Crippen molar-refractivity contribution in [2.45, 2.75) is 31.8 Å². The summed E-state index contributed by atoms with van der Waals surface area (Å²) in [6, 6.07) is 2.74. The predicted octanol–water partition coefficient (Wildman–Crippen LogP) is 2.14. The van der Waals surface area contributed by atoms with E-state index in [1.54, 1.807) is 20.8 Å². The maximum Gasteiger partial charge on any atom is 0.534 e. The van der Waals surface area contributed by atoms with Gasteiger partial charge in [0.15, 0.2) is 5.75 Å². The Bertz CT molecular complexity index is 765. The molecule has 0 aliphatic heterocycles. The summed E-state index contributed by atoms with van der Waals surface area (Å²) < 4.78 is 63.2. The van der Waals surface area contributed by atoms with Crippen LogP contribution in [0.15, 0.2) is 18.2 Å². The second kappa shape index (κ2) is 6.30. The smallest absolute Gasteiger partial charge is 0.478 e. The third-order valence-electron chi connectivity index (χ3n) is 2.46. The second-order valence-electron chi connectivity index (χ2n) is 5.67. The fraction of sp³-hybridized carbons (Fsp3) is 0.385. The van der Waals surface area contributed by atoms with Gasteiger partial charge in [-0.3, -0.25) is 4.79 Å². The normalized spacial score (nSPS) is 12.6. The van der Waals surface area contributed by atoms with Crippen molar-refractivity contribution in [3.05, 3.63) is 29.3 Å². The molecule has 0 aliphatic carbocycles. The maximum absolute atomic E-state index is 12.4. The minimum Gasteiger partial charge on any atom is -0.478 e. The number of carbonyl (C=O) groups is 2. The first kappa shape index (κ1) is 19.7. The number of alkyl halides is 3. The number of carboxylic acid groups (broad SMARTS) is 1. The van der Waals surface area contributed by atoms with Crippen LogP contribution in [0.1, 0.15) is 41.5 Å². The molecule has 0 atom stereocenters. The molecule has 0 radical (unpaired) electrons. The zero-order valence-electron chi connectivity index (χ0n) is 12.8. The van der Waals surface area contributed by atoms with Gasteiger partial charge in [0.25, 0.3) is 5.91 Å². The molecule has 1 aromatic carbocycles. The van der Waals surface area contributed by atoms with Crippen LogP contribution in [0, 0.1) is 0 Å². The number of hydrogen-bond acceptors (Lipinski definition) is 5. The SMILES string of the molecule is CC(C)(C)NC(=O)c1cccc(OS(=O)(=O)C(F)(F)F)c1C(=O)O. The molecule has 134 valence electrons. The molecular formula is C13H14F3NO6S. The highest BCUT2D eigenvalue weighted by Gasteiger charge is 2.49. The van der Waals surface area contributed by atoms with Gasteiger partial charge in [0.2, 0.25) is 0 Å². The molecule has 1 aromatic rings. The van der Waals surface area contributed by atoms with Gasteiger partial charge in [0, 0.05) is 5.54 Å². The molecule has 0 saturated carbocycles. The molecule has 24 heavy (non-hydrogen) atoms. The van der Waals surface area contributed by atoms with Crippen molar-refractivity contribution in [2.24, 2.45) is 0 Å². The Kier molecular flexibility index (Phi) is 5.19. The molecule has 0 aromatic heterocycles. The van der Waals surface area contributed by atoms with Crippen molar-refractivity contribution in [1.29, 1.82) is 0 Å². The maximum atomic E-state index is 12.4. The van der Waals surface area contributed by atoms with Gasteiger partial charge >= 0.3 is 21.6 Å². The lowest BCUT2D eigenvalue weighted by atomic mass is 10.0. The summed E-state index contributed by atoms with van der Waals surface area (Å²) >= 11 is 0. The van der Waals surface area contributed by atoms with E-state index >= 15 is 0 Å². The van der Waals surface area contributed by atoms with Crippen LogP contribution in [0.3, 0.4) is 0 Å². The molecule has 0 heterocycles. The van der Waals surface area contributed by atoms with Gasteiger partial charge in [0.1, 0.15) is 5.56 Å². The molecule has 2 N–H and O–H groups in total. The lowest BCUT2D eigenvalue weighted by molar-refractivity contribution is -0.0500. The van der Waals surface area contributed by atoms with Crippen LogP contribution in [0.2, 0.25) is 0 Å². The van der Waals surface area contributed by atoms with Crippen LogP contribution in [0.25, 0.3) is 0 Å². The van der Waals surface area contributed by atoms with Gasteiger partial charge in [-0.2, -0.15) is 21.6 Å². The highest BCUT2D eigenvalue weighted by molar-refractivity contribution is 7.88. The van der Waals surface area contributed by atoms with E-state index in [2.05, 4.69) is 9.50 Å². The van der Waals surface area contributed by atoms with E-state index in [-0.39, 0.29) is 0 Å². The van der Waals surface area contributed by atoms with Crippen molar-refractivity contribution in [1.82, 2.24) is 5.32 Å². The average molecular weight is 369 g/mol. The van der Waals surface area contributed by atoms with E-state index in [9.17, 15) is 31.2 Å². The largest absolute Gasteiger partial charge is 0.534 e. The van der Waals surface area contributed by atoms with E-state index < -0.39 is 49.9 Å². The van der Waals surface area contributed by atoms with Gasteiger partial charge in [-0.1, -0.05) is 6.07 Å². The highest BCUT2D eigenvalue weighted by Crippen LogP contribution is 2.30. The zero-order valence-corrected chi connectivity index (χ0v) is 13.6. The molecule has 0 saturated heterocycles. The predicted molar refractivity (Wildman–Crippen MR) is 76.2 cm³/mol. The molecule has 0 bridgehead atoms. The van der Waals surface area contributed by atoms with Gasteiger partial charge < -0.3 is 14.6 Å². The summed E-state index contributed by atoms with van der Waals surface area (Å²) in [4.78, 5) is 23.4. The summed E-state index contributed by atoms with van der Waals surface area (Å²) in [5.74, 6) is -3.84. The number of benzene rings is 1. The number of hydrogen-bond donors (Lipinski definition) is 2. The molecule has 1 amide bonds. The molecule has 0 unspecified atom stereocenters. The van der Waals surface area contributed by atoms with Gasteiger partial charge in [-0.05, 0) is 32.9 Å². The van der Waals surface area contributed by atoms with Crippen LogP contribution >= 0.6 is 0 Å². The van der Waals surface area contributed by atoms with Crippen molar-refractivity contribution in [3.8, 4) is 5.75 Å². The van der Waals surface area contributed by atoms with E-state index in [1.165, 1.54) is 0 Å². The van der Waals surface area contributed by atoms with Crippen LogP contribution in [0.5, 0.6) is 5.75 Å².